The number of anilines is 1. The van der Waals surface area contributed by atoms with Gasteiger partial charge in [0, 0.05) is 16.8 Å². The first kappa shape index (κ1) is 14.7. The van der Waals surface area contributed by atoms with Gasteiger partial charge >= 0.3 is 0 Å². The molecule has 0 radical (unpaired) electrons. The number of benzene rings is 1. The van der Waals surface area contributed by atoms with E-state index in [1.807, 2.05) is 25.1 Å². The molecule has 2 aromatic rings. The predicted octanol–water partition coefficient (Wildman–Crippen LogP) is 3.07. The number of aromatic nitrogens is 2. The summed E-state index contributed by atoms with van der Waals surface area (Å²) in [6.45, 7) is 4.02. The van der Waals surface area contributed by atoms with Crippen molar-refractivity contribution in [2.24, 2.45) is 5.84 Å². The Balaban J connectivity index is 2.54. The van der Waals surface area contributed by atoms with Crippen LogP contribution in [0.15, 0.2) is 22.7 Å². The minimum Gasteiger partial charge on any atom is -0.496 e. The van der Waals surface area contributed by atoms with Gasteiger partial charge in [-0.2, -0.15) is 0 Å². The minimum absolute atomic E-state index is 0.642. The Bertz CT molecular complexity index is 606. The van der Waals surface area contributed by atoms with Gasteiger partial charge in [0.25, 0.3) is 0 Å². The van der Waals surface area contributed by atoms with Crippen LogP contribution in [-0.2, 0) is 6.42 Å². The Kier molecular flexibility index (Phi) is 4.57. The number of hydrogen-bond donors (Lipinski definition) is 2. The van der Waals surface area contributed by atoms with Crippen molar-refractivity contribution in [1.82, 2.24) is 9.97 Å². The van der Waals surface area contributed by atoms with Gasteiger partial charge in [0.05, 0.1) is 11.6 Å². The number of nitrogen functional groups attached to an aromatic ring is 1. The smallest absolute Gasteiger partial charge is 0.161 e. The van der Waals surface area contributed by atoms with Crippen LogP contribution in [0.1, 0.15) is 18.2 Å². The van der Waals surface area contributed by atoms with Crippen molar-refractivity contribution in [1.29, 1.82) is 0 Å². The fraction of sp³-hybridized carbons (Fsp3) is 0.286. The van der Waals surface area contributed by atoms with Gasteiger partial charge in [-0.1, -0.05) is 6.92 Å². The maximum Gasteiger partial charge on any atom is 0.161 e. The lowest BCUT2D eigenvalue weighted by Crippen LogP contribution is -2.13. The van der Waals surface area contributed by atoms with Crippen LogP contribution in [-0.4, -0.2) is 17.1 Å². The number of halogens is 1. The molecule has 0 amide bonds. The molecule has 0 aliphatic rings. The molecular formula is C14H17BrN4O. The van der Waals surface area contributed by atoms with Crippen LogP contribution < -0.4 is 16.0 Å². The molecule has 5 nitrogen and oxygen atoms in total. The lowest BCUT2D eigenvalue weighted by molar-refractivity contribution is 0.412. The monoisotopic (exact) mass is 336 g/mol. The average Bonchev–Trinajstić information content (AvgIpc) is 2.47. The summed E-state index contributed by atoms with van der Waals surface area (Å²) in [6.07, 6.45) is 0.827. The molecule has 2 rings (SSSR count). The number of rotatable bonds is 4. The molecule has 0 unspecified atom stereocenters. The molecule has 0 bridgehead atoms. The standard InChI is InChI=1S/C14H17BrN4O/c1-4-11-8(2)13(19-16)18-14(17-11)9-5-6-12(20-3)10(15)7-9/h5-7H,4,16H2,1-3H3,(H,17,18,19). The van der Waals surface area contributed by atoms with Crippen molar-refractivity contribution in [3.8, 4) is 17.1 Å². The normalized spacial score (nSPS) is 10.4. The van der Waals surface area contributed by atoms with Crippen molar-refractivity contribution in [2.75, 3.05) is 12.5 Å². The first-order valence-corrected chi connectivity index (χ1v) is 7.08. The molecular weight excluding hydrogens is 320 g/mol. The number of nitrogens with one attached hydrogen (secondary N) is 1. The van der Waals surface area contributed by atoms with E-state index in [9.17, 15) is 0 Å². The third-order valence-corrected chi connectivity index (χ3v) is 3.75. The van der Waals surface area contributed by atoms with Gasteiger partial charge < -0.3 is 10.2 Å². The van der Waals surface area contributed by atoms with Gasteiger partial charge in [0.15, 0.2) is 5.82 Å². The zero-order valence-electron chi connectivity index (χ0n) is 11.7. The molecule has 1 aromatic heterocycles. The number of nitrogens with two attached hydrogens (primary N) is 1. The van der Waals surface area contributed by atoms with Crippen LogP contribution in [0.4, 0.5) is 5.82 Å². The van der Waals surface area contributed by atoms with E-state index < -0.39 is 0 Å². The second kappa shape index (κ2) is 6.19. The lowest BCUT2D eigenvalue weighted by Gasteiger charge is -2.12. The molecule has 0 atom stereocenters. The molecule has 0 aliphatic heterocycles. The van der Waals surface area contributed by atoms with Gasteiger partial charge in [-0.3, -0.25) is 0 Å². The molecule has 6 heteroatoms. The molecule has 20 heavy (non-hydrogen) atoms. The molecule has 1 heterocycles. The predicted molar refractivity (Wildman–Crippen MR) is 83.6 cm³/mol. The largest absolute Gasteiger partial charge is 0.496 e. The van der Waals surface area contributed by atoms with Crippen molar-refractivity contribution in [3.05, 3.63) is 33.9 Å². The first-order chi connectivity index (χ1) is 9.60. The molecule has 106 valence electrons. The fourth-order valence-corrected chi connectivity index (χ4v) is 2.52. The zero-order valence-corrected chi connectivity index (χ0v) is 13.3. The number of hydrazine groups is 1. The third-order valence-electron chi connectivity index (χ3n) is 3.13. The van der Waals surface area contributed by atoms with Crippen LogP contribution in [0.5, 0.6) is 5.75 Å². The average molecular weight is 337 g/mol. The van der Waals surface area contributed by atoms with E-state index in [1.54, 1.807) is 7.11 Å². The van der Waals surface area contributed by atoms with Gasteiger partial charge in [0.1, 0.15) is 11.6 Å². The highest BCUT2D eigenvalue weighted by Crippen LogP contribution is 2.30. The van der Waals surface area contributed by atoms with Gasteiger partial charge in [-0.15, -0.1) is 0 Å². The second-order valence-corrected chi connectivity index (χ2v) is 5.17. The van der Waals surface area contributed by atoms with Gasteiger partial charge in [-0.05, 0) is 47.5 Å². The van der Waals surface area contributed by atoms with Crippen molar-refractivity contribution in [2.45, 2.75) is 20.3 Å². The Hall–Kier alpha value is -1.66. The van der Waals surface area contributed by atoms with E-state index in [1.165, 1.54) is 0 Å². The van der Waals surface area contributed by atoms with Crippen LogP contribution in [0.25, 0.3) is 11.4 Å². The summed E-state index contributed by atoms with van der Waals surface area (Å²) >= 11 is 3.47. The van der Waals surface area contributed by atoms with Crippen molar-refractivity contribution >= 4 is 21.7 Å². The van der Waals surface area contributed by atoms with Crippen LogP contribution >= 0.6 is 15.9 Å². The Morgan fingerprint density at radius 3 is 2.65 bits per heavy atom. The van der Waals surface area contributed by atoms with Gasteiger partial charge in [0.2, 0.25) is 0 Å². The van der Waals surface area contributed by atoms with E-state index in [0.29, 0.717) is 11.6 Å². The van der Waals surface area contributed by atoms with Crippen molar-refractivity contribution in [3.63, 3.8) is 0 Å². The van der Waals surface area contributed by atoms with Crippen LogP contribution in [0, 0.1) is 6.92 Å². The topological polar surface area (TPSA) is 73.1 Å². The summed E-state index contributed by atoms with van der Waals surface area (Å²) in [5.74, 6) is 7.59. The van der Waals surface area contributed by atoms with Crippen molar-refractivity contribution < 1.29 is 4.74 Å². The fourth-order valence-electron chi connectivity index (χ4n) is 1.98. The maximum atomic E-state index is 5.53. The van der Waals surface area contributed by atoms with E-state index in [4.69, 9.17) is 10.6 Å². The molecule has 1 aromatic carbocycles. The lowest BCUT2D eigenvalue weighted by atomic mass is 10.1. The number of ether oxygens (including phenoxy) is 1. The quantitative estimate of drug-likeness (QED) is 0.663. The highest BCUT2D eigenvalue weighted by Gasteiger charge is 2.12. The number of nitrogens with zero attached hydrogens (tertiary/aromatic N) is 2. The summed E-state index contributed by atoms with van der Waals surface area (Å²) in [5.41, 5.74) is 5.50. The number of aryl methyl sites for hydroxylation is 1. The van der Waals surface area contributed by atoms with E-state index in [0.717, 1.165) is 33.5 Å². The summed E-state index contributed by atoms with van der Waals surface area (Å²) in [5, 5.41) is 0. The van der Waals surface area contributed by atoms with Crippen LogP contribution in [0.2, 0.25) is 0 Å². The second-order valence-electron chi connectivity index (χ2n) is 4.31. The highest BCUT2D eigenvalue weighted by atomic mass is 79.9. The summed E-state index contributed by atoms with van der Waals surface area (Å²) in [7, 11) is 1.63. The first-order valence-electron chi connectivity index (χ1n) is 6.28. The third kappa shape index (κ3) is 2.76. The minimum atomic E-state index is 0.642. The summed E-state index contributed by atoms with van der Waals surface area (Å²) in [6, 6.07) is 5.74. The Morgan fingerprint density at radius 1 is 1.35 bits per heavy atom. The molecule has 0 aliphatic carbocycles. The maximum absolute atomic E-state index is 5.53. The molecule has 3 N–H and O–H groups in total. The van der Waals surface area contributed by atoms with E-state index in [2.05, 4.69) is 38.2 Å². The Labute approximate surface area is 126 Å². The SMILES string of the molecule is CCc1nc(-c2ccc(OC)c(Br)c2)nc(NN)c1C. The molecule has 0 spiro atoms. The zero-order chi connectivity index (χ0) is 14.7. The summed E-state index contributed by atoms with van der Waals surface area (Å²) in [4.78, 5) is 9.06. The molecule has 0 fully saturated rings. The molecule has 0 saturated carbocycles. The van der Waals surface area contributed by atoms with Crippen LogP contribution in [0.3, 0.4) is 0 Å². The van der Waals surface area contributed by atoms with E-state index >= 15 is 0 Å². The highest BCUT2D eigenvalue weighted by molar-refractivity contribution is 9.10. The summed E-state index contributed by atoms with van der Waals surface area (Å²) < 4.78 is 6.09. The van der Waals surface area contributed by atoms with Gasteiger partial charge in [-0.25, -0.2) is 15.8 Å². The molecule has 0 saturated heterocycles. The Morgan fingerprint density at radius 2 is 2.10 bits per heavy atom. The number of hydrogen-bond acceptors (Lipinski definition) is 5. The number of methoxy groups -OCH3 is 1. The van der Waals surface area contributed by atoms with E-state index in [-0.39, 0.29) is 0 Å².